The molecule has 2 fully saturated rings. The first-order valence-corrected chi connectivity index (χ1v) is 11.2. The standard InChI is InChI=1S/C23H22N4O3S/c28-21-22(29)27(23(30)26(21)13-16-7-2-1-3-8-16)15-25-12-6-9-17(14-25)20-24-18-10-4-5-11-19(18)31-20/h1-5,7-8,10-11,17H,6,9,12-15H2/t17-/m1/s1. The predicted octanol–water partition coefficient (Wildman–Crippen LogP) is 3.42. The molecule has 0 radical (unpaired) electrons. The molecule has 0 bridgehead atoms. The van der Waals surface area contributed by atoms with Crippen molar-refractivity contribution < 1.29 is 14.4 Å². The first-order chi connectivity index (χ1) is 15.1. The Labute approximate surface area is 183 Å². The van der Waals surface area contributed by atoms with Crippen molar-refractivity contribution in [2.75, 3.05) is 19.8 Å². The molecule has 8 heteroatoms. The van der Waals surface area contributed by atoms with E-state index in [1.54, 1.807) is 11.3 Å². The molecule has 0 spiro atoms. The van der Waals surface area contributed by atoms with Crippen LogP contribution in [-0.2, 0) is 16.1 Å². The Kier molecular flexibility index (Phi) is 5.25. The first-order valence-electron chi connectivity index (χ1n) is 10.4. The Balaban J connectivity index is 1.28. The largest absolute Gasteiger partial charge is 0.335 e. The van der Waals surface area contributed by atoms with Crippen LogP contribution in [0.2, 0.25) is 0 Å². The van der Waals surface area contributed by atoms with Crippen LogP contribution in [0.5, 0.6) is 0 Å². The van der Waals surface area contributed by atoms with E-state index in [2.05, 4.69) is 11.0 Å². The highest BCUT2D eigenvalue weighted by Crippen LogP contribution is 2.33. The normalized spacial score (nSPS) is 20.3. The molecule has 4 amide bonds. The lowest BCUT2D eigenvalue weighted by Crippen LogP contribution is -2.45. The SMILES string of the molecule is O=C1C(=O)N(CN2CCC[C@@H](c3nc4ccccc4s3)C2)C(=O)N1Cc1ccccc1. The summed E-state index contributed by atoms with van der Waals surface area (Å²) in [6.45, 7) is 1.74. The van der Waals surface area contributed by atoms with Crippen LogP contribution in [0.25, 0.3) is 10.2 Å². The van der Waals surface area contributed by atoms with Crippen molar-refractivity contribution in [3.63, 3.8) is 0 Å². The minimum Gasteiger partial charge on any atom is -0.285 e. The number of amides is 4. The van der Waals surface area contributed by atoms with E-state index >= 15 is 0 Å². The van der Waals surface area contributed by atoms with Gasteiger partial charge in [-0.3, -0.25) is 19.4 Å². The highest BCUT2D eigenvalue weighted by molar-refractivity contribution is 7.18. The van der Waals surface area contributed by atoms with Crippen LogP contribution in [0.4, 0.5) is 4.79 Å². The van der Waals surface area contributed by atoms with Crippen LogP contribution in [-0.4, -0.2) is 57.3 Å². The summed E-state index contributed by atoms with van der Waals surface area (Å²) in [6, 6.07) is 16.8. The Morgan fingerprint density at radius 3 is 2.48 bits per heavy atom. The minimum atomic E-state index is -0.756. The lowest BCUT2D eigenvalue weighted by atomic mass is 9.99. The zero-order valence-electron chi connectivity index (χ0n) is 16.9. The number of nitrogens with zero attached hydrogens (tertiary/aromatic N) is 4. The third-order valence-corrected chi connectivity index (χ3v) is 7.02. The number of likely N-dealkylation sites (tertiary alicyclic amines) is 1. The van der Waals surface area contributed by atoms with Crippen molar-refractivity contribution in [3.8, 4) is 0 Å². The van der Waals surface area contributed by atoms with Gasteiger partial charge in [-0.1, -0.05) is 42.5 Å². The Bertz CT molecular complexity index is 1110. The molecular formula is C23H22N4O3S. The molecule has 3 aromatic rings. The number of carbonyl (C=O) groups excluding carboxylic acids is 3. The molecule has 7 nitrogen and oxygen atoms in total. The van der Waals surface area contributed by atoms with Gasteiger partial charge in [-0.25, -0.2) is 14.7 Å². The van der Waals surface area contributed by atoms with Crippen molar-refractivity contribution in [3.05, 3.63) is 65.2 Å². The molecule has 2 aliphatic rings. The lowest BCUT2D eigenvalue weighted by Gasteiger charge is -2.33. The highest BCUT2D eigenvalue weighted by Gasteiger charge is 2.45. The van der Waals surface area contributed by atoms with E-state index in [1.165, 1.54) is 4.70 Å². The van der Waals surface area contributed by atoms with Crippen molar-refractivity contribution in [1.82, 2.24) is 19.7 Å². The molecule has 2 aromatic carbocycles. The summed E-state index contributed by atoms with van der Waals surface area (Å²) >= 11 is 1.70. The quantitative estimate of drug-likeness (QED) is 0.454. The van der Waals surface area contributed by atoms with E-state index in [0.29, 0.717) is 6.54 Å². The van der Waals surface area contributed by atoms with E-state index in [1.807, 2.05) is 48.5 Å². The molecule has 0 N–H and O–H groups in total. The van der Waals surface area contributed by atoms with Crippen molar-refractivity contribution >= 4 is 39.4 Å². The molecule has 5 rings (SSSR count). The molecule has 1 atom stereocenters. The van der Waals surface area contributed by atoms with Crippen LogP contribution in [0, 0.1) is 0 Å². The number of rotatable bonds is 5. The number of fused-ring (bicyclic) bond motifs is 1. The summed E-state index contributed by atoms with van der Waals surface area (Å²) in [4.78, 5) is 46.8. The average molecular weight is 435 g/mol. The van der Waals surface area contributed by atoms with Crippen LogP contribution < -0.4 is 0 Å². The third-order valence-electron chi connectivity index (χ3n) is 5.83. The number of hydrogen-bond acceptors (Lipinski definition) is 6. The zero-order valence-corrected chi connectivity index (χ0v) is 17.8. The van der Waals surface area contributed by atoms with E-state index in [-0.39, 0.29) is 19.1 Å². The molecule has 0 saturated carbocycles. The zero-order chi connectivity index (χ0) is 21.4. The van der Waals surface area contributed by atoms with Gasteiger partial charge >= 0.3 is 17.8 Å². The van der Waals surface area contributed by atoms with Crippen LogP contribution in [0.15, 0.2) is 54.6 Å². The molecule has 2 saturated heterocycles. The fourth-order valence-electron chi connectivity index (χ4n) is 4.23. The molecule has 3 heterocycles. The van der Waals surface area contributed by atoms with Crippen molar-refractivity contribution in [2.24, 2.45) is 0 Å². The smallest absolute Gasteiger partial charge is 0.285 e. The number of piperidine rings is 1. The van der Waals surface area contributed by atoms with Crippen LogP contribution in [0.3, 0.4) is 0 Å². The molecule has 158 valence electrons. The van der Waals surface area contributed by atoms with Gasteiger partial charge in [0.25, 0.3) is 0 Å². The number of carbonyl (C=O) groups is 3. The van der Waals surface area contributed by atoms with E-state index in [9.17, 15) is 14.4 Å². The van der Waals surface area contributed by atoms with E-state index in [0.717, 1.165) is 45.3 Å². The first kappa shape index (κ1) is 19.8. The topological polar surface area (TPSA) is 73.8 Å². The monoisotopic (exact) mass is 434 g/mol. The Morgan fingerprint density at radius 1 is 0.935 bits per heavy atom. The molecule has 0 aliphatic carbocycles. The van der Waals surface area contributed by atoms with Gasteiger partial charge in [0.15, 0.2) is 0 Å². The molecule has 0 unspecified atom stereocenters. The number of hydrogen-bond donors (Lipinski definition) is 0. The van der Waals surface area contributed by atoms with Gasteiger partial charge in [0.05, 0.1) is 28.4 Å². The number of para-hydroxylation sites is 1. The summed E-state index contributed by atoms with van der Waals surface area (Å²) in [5.74, 6) is -1.24. The van der Waals surface area contributed by atoms with E-state index in [4.69, 9.17) is 4.98 Å². The number of urea groups is 1. The van der Waals surface area contributed by atoms with Gasteiger partial charge in [-0.05, 0) is 37.1 Å². The summed E-state index contributed by atoms with van der Waals surface area (Å²) in [5.41, 5.74) is 1.82. The Morgan fingerprint density at radius 2 is 1.68 bits per heavy atom. The number of benzene rings is 2. The van der Waals surface area contributed by atoms with Gasteiger partial charge in [0.1, 0.15) is 0 Å². The summed E-state index contributed by atoms with van der Waals surface area (Å²) in [6.07, 6.45) is 1.98. The number of aromatic nitrogens is 1. The van der Waals surface area contributed by atoms with Gasteiger partial charge in [-0.2, -0.15) is 0 Å². The Hall–Kier alpha value is -3.10. The number of imide groups is 2. The molecular weight excluding hydrogens is 412 g/mol. The summed E-state index contributed by atoms with van der Waals surface area (Å²) < 4.78 is 1.17. The average Bonchev–Trinajstić information content (AvgIpc) is 3.32. The minimum absolute atomic E-state index is 0.106. The van der Waals surface area contributed by atoms with Crippen molar-refractivity contribution in [1.29, 1.82) is 0 Å². The predicted molar refractivity (Wildman–Crippen MR) is 117 cm³/mol. The third kappa shape index (κ3) is 3.84. The van der Waals surface area contributed by atoms with Crippen LogP contribution >= 0.6 is 11.3 Å². The maximum atomic E-state index is 12.8. The second kappa shape index (κ2) is 8.20. The summed E-state index contributed by atoms with van der Waals surface area (Å²) in [5, 5.41) is 1.09. The molecule has 31 heavy (non-hydrogen) atoms. The summed E-state index contributed by atoms with van der Waals surface area (Å²) in [7, 11) is 0. The van der Waals surface area contributed by atoms with Gasteiger partial charge in [0.2, 0.25) is 0 Å². The van der Waals surface area contributed by atoms with Gasteiger partial charge in [-0.15, -0.1) is 11.3 Å². The fraction of sp³-hybridized carbons (Fsp3) is 0.304. The maximum absolute atomic E-state index is 12.8. The number of thiazole rings is 1. The lowest BCUT2D eigenvalue weighted by molar-refractivity contribution is -0.144. The van der Waals surface area contributed by atoms with Gasteiger partial charge < -0.3 is 0 Å². The highest BCUT2D eigenvalue weighted by atomic mass is 32.1. The maximum Gasteiger partial charge on any atom is 0.335 e. The van der Waals surface area contributed by atoms with E-state index < -0.39 is 17.8 Å². The van der Waals surface area contributed by atoms with Crippen LogP contribution in [0.1, 0.15) is 29.3 Å². The van der Waals surface area contributed by atoms with Crippen molar-refractivity contribution in [2.45, 2.75) is 25.3 Å². The molecule has 2 aliphatic heterocycles. The molecule has 1 aromatic heterocycles. The second-order valence-corrected chi connectivity index (χ2v) is 9.03. The fourth-order valence-corrected chi connectivity index (χ4v) is 5.32. The second-order valence-electron chi connectivity index (χ2n) is 7.97. The van der Waals surface area contributed by atoms with Gasteiger partial charge in [0, 0.05) is 12.5 Å².